The van der Waals surface area contributed by atoms with Gasteiger partial charge in [0, 0.05) is 53.9 Å². The average Bonchev–Trinajstić information content (AvgIpc) is 3.73. The van der Waals surface area contributed by atoms with Gasteiger partial charge in [-0.25, -0.2) is 0 Å². The average molecular weight is 811 g/mol. The molecule has 1 aliphatic rings. The van der Waals surface area contributed by atoms with Crippen molar-refractivity contribution in [1.29, 1.82) is 0 Å². The van der Waals surface area contributed by atoms with Crippen LogP contribution in [0.4, 0.5) is 34.1 Å². The summed E-state index contributed by atoms with van der Waals surface area (Å²) in [6.45, 7) is 0. The lowest BCUT2D eigenvalue weighted by atomic mass is 9.93. The molecule has 1 aliphatic heterocycles. The molecule has 0 radical (unpaired) electrons. The summed E-state index contributed by atoms with van der Waals surface area (Å²) >= 11 is 1.86. The van der Waals surface area contributed by atoms with Gasteiger partial charge in [0.1, 0.15) is 0 Å². The minimum absolute atomic E-state index is 0.818. The molecule has 0 aliphatic carbocycles. The van der Waals surface area contributed by atoms with E-state index in [0.717, 1.165) is 67.5 Å². The van der Waals surface area contributed by atoms with Crippen LogP contribution in [-0.4, -0.2) is 0 Å². The first-order chi connectivity index (χ1) is 30.8. The summed E-state index contributed by atoms with van der Waals surface area (Å²) < 4.78 is 10.1. The van der Waals surface area contributed by atoms with Gasteiger partial charge in [0.25, 0.3) is 0 Å². The van der Waals surface area contributed by atoms with E-state index < -0.39 is 0 Å². The second-order valence-electron chi connectivity index (χ2n) is 15.7. The largest absolute Gasteiger partial charge is 0.452 e. The molecule has 0 saturated carbocycles. The Kier molecular flexibility index (Phi) is 8.68. The van der Waals surface area contributed by atoms with Gasteiger partial charge in [-0.05, 0) is 99.9 Å². The van der Waals surface area contributed by atoms with E-state index in [-0.39, 0.29) is 0 Å². The van der Waals surface area contributed by atoms with Gasteiger partial charge in [0.2, 0.25) is 0 Å². The number of anilines is 6. The molecule has 1 aromatic heterocycles. The summed E-state index contributed by atoms with van der Waals surface area (Å²) in [6, 6.07) is 82.5. The Bertz CT molecular complexity index is 3380. The zero-order valence-electron chi connectivity index (χ0n) is 33.7. The lowest BCUT2D eigenvalue weighted by Crippen LogP contribution is -2.14. The van der Waals surface area contributed by atoms with Crippen LogP contribution in [0.15, 0.2) is 231 Å². The zero-order chi connectivity index (χ0) is 41.0. The highest BCUT2D eigenvalue weighted by molar-refractivity contribution is 7.26. The maximum atomic E-state index is 7.44. The number of hydrogen-bond donors (Lipinski definition) is 0. The van der Waals surface area contributed by atoms with Crippen LogP contribution in [0.1, 0.15) is 0 Å². The van der Waals surface area contributed by atoms with Crippen molar-refractivity contribution in [2.24, 2.45) is 0 Å². The van der Waals surface area contributed by atoms with Gasteiger partial charge in [-0.3, -0.25) is 0 Å². The van der Waals surface area contributed by atoms with Crippen LogP contribution >= 0.6 is 11.3 Å². The van der Waals surface area contributed by atoms with E-state index in [1.165, 1.54) is 42.4 Å². The van der Waals surface area contributed by atoms with Crippen LogP contribution < -0.4 is 14.5 Å². The van der Waals surface area contributed by atoms with Crippen molar-refractivity contribution in [3.8, 4) is 44.9 Å². The van der Waals surface area contributed by atoms with Gasteiger partial charge in [0.05, 0.1) is 11.4 Å². The van der Waals surface area contributed by atoms with Gasteiger partial charge in [-0.2, -0.15) is 0 Å². The van der Waals surface area contributed by atoms with Crippen molar-refractivity contribution in [3.63, 3.8) is 0 Å². The van der Waals surface area contributed by atoms with E-state index in [9.17, 15) is 0 Å². The Balaban J connectivity index is 1.04. The molecule has 12 rings (SSSR count). The molecule has 0 saturated heterocycles. The molecule has 0 atom stereocenters. The molecule has 0 N–H and O–H groups in total. The minimum Gasteiger partial charge on any atom is -0.452 e. The fourth-order valence-corrected chi connectivity index (χ4v) is 10.4. The second-order valence-corrected chi connectivity index (χ2v) is 16.7. The summed E-state index contributed by atoms with van der Waals surface area (Å²) in [5.41, 5.74) is 13.1. The molecule has 0 fully saturated rings. The Morgan fingerprint density at radius 1 is 0.323 bits per heavy atom. The summed E-state index contributed by atoms with van der Waals surface area (Å²) in [6.07, 6.45) is 0. The molecule has 0 spiro atoms. The summed E-state index contributed by atoms with van der Waals surface area (Å²) in [5.74, 6) is 1.64. The van der Waals surface area contributed by atoms with E-state index in [2.05, 4.69) is 240 Å². The summed E-state index contributed by atoms with van der Waals surface area (Å²) in [5, 5.41) is 4.83. The molecule has 0 amide bonds. The summed E-state index contributed by atoms with van der Waals surface area (Å²) in [7, 11) is 0. The van der Waals surface area contributed by atoms with Crippen molar-refractivity contribution in [2.75, 3.05) is 9.80 Å². The molecular formula is C58H38N2OS. The maximum Gasteiger partial charge on any atom is 0.160 e. The predicted molar refractivity (Wildman–Crippen MR) is 263 cm³/mol. The van der Waals surface area contributed by atoms with Crippen LogP contribution in [0.25, 0.3) is 64.3 Å². The van der Waals surface area contributed by atoms with Crippen molar-refractivity contribution >= 4 is 76.4 Å². The molecule has 0 bridgehead atoms. The highest BCUT2D eigenvalue weighted by Crippen LogP contribution is 2.56. The molecule has 4 heteroatoms. The standard InChI is InChI=1S/C58H38N2OS/c1-4-15-39(16-5-1)40-29-34-45(35-30-40)60(46-36-31-41(32-37-46)47-23-13-26-51-48-22-10-11-28-54(48)62-58(47)51)53-38-33-42-17-12-24-49-50-25-14-27-52(56(50)61-57(53)55(42)49)59(43-18-6-2-7-19-43)44-20-8-3-9-21-44/h1-38H. The Morgan fingerprint density at radius 3 is 1.55 bits per heavy atom. The molecule has 3 nitrogen and oxygen atoms in total. The second kappa shape index (κ2) is 15.0. The quantitative estimate of drug-likeness (QED) is 0.152. The smallest absolute Gasteiger partial charge is 0.160 e. The van der Waals surface area contributed by atoms with Crippen LogP contribution in [-0.2, 0) is 0 Å². The third-order valence-corrected chi connectivity index (χ3v) is 13.3. The fraction of sp³-hybridized carbons (Fsp3) is 0. The van der Waals surface area contributed by atoms with E-state index in [1.807, 2.05) is 11.3 Å². The molecule has 62 heavy (non-hydrogen) atoms. The lowest BCUT2D eigenvalue weighted by molar-refractivity contribution is 0.489. The van der Waals surface area contributed by atoms with Gasteiger partial charge < -0.3 is 14.5 Å². The van der Waals surface area contributed by atoms with Gasteiger partial charge in [-0.1, -0.05) is 164 Å². The van der Waals surface area contributed by atoms with Crippen LogP contribution in [0, 0.1) is 0 Å². The van der Waals surface area contributed by atoms with Crippen molar-refractivity contribution in [3.05, 3.63) is 231 Å². The first-order valence-electron chi connectivity index (χ1n) is 21.0. The first kappa shape index (κ1) is 36.0. The predicted octanol–water partition coefficient (Wildman–Crippen LogP) is 17.3. The molecule has 2 heterocycles. The van der Waals surface area contributed by atoms with E-state index >= 15 is 0 Å². The number of thiophene rings is 1. The molecule has 0 unspecified atom stereocenters. The monoisotopic (exact) mass is 810 g/mol. The van der Waals surface area contributed by atoms with E-state index in [1.54, 1.807) is 0 Å². The molecular weight excluding hydrogens is 773 g/mol. The van der Waals surface area contributed by atoms with Gasteiger partial charge in [-0.15, -0.1) is 11.3 Å². The fourth-order valence-electron chi connectivity index (χ4n) is 9.17. The van der Waals surface area contributed by atoms with E-state index in [0.29, 0.717) is 0 Å². The number of para-hydroxylation sites is 3. The Hall–Kier alpha value is -7.92. The Labute approximate surface area is 364 Å². The van der Waals surface area contributed by atoms with Crippen molar-refractivity contribution in [1.82, 2.24) is 0 Å². The van der Waals surface area contributed by atoms with Gasteiger partial charge >= 0.3 is 0 Å². The normalized spacial score (nSPS) is 11.7. The molecule has 292 valence electrons. The topological polar surface area (TPSA) is 15.7 Å². The van der Waals surface area contributed by atoms with Crippen LogP contribution in [0.3, 0.4) is 0 Å². The molecule has 10 aromatic carbocycles. The Morgan fingerprint density at radius 2 is 0.839 bits per heavy atom. The van der Waals surface area contributed by atoms with Crippen LogP contribution in [0.2, 0.25) is 0 Å². The molecule has 11 aromatic rings. The number of benzene rings is 10. The number of hydrogen-bond acceptors (Lipinski definition) is 4. The van der Waals surface area contributed by atoms with Crippen LogP contribution in [0.5, 0.6) is 11.5 Å². The number of nitrogens with zero attached hydrogens (tertiary/aromatic N) is 2. The zero-order valence-corrected chi connectivity index (χ0v) is 34.5. The first-order valence-corrected chi connectivity index (χ1v) is 21.8. The SMILES string of the molecule is c1ccc(-c2ccc(N(c3ccc(-c4cccc5c4sc4ccccc45)cc3)c3ccc4cccc5c4c3Oc3c-5cccc3N(c3ccccc3)c3ccccc3)cc2)cc1. The third-order valence-electron chi connectivity index (χ3n) is 12.0. The van der Waals surface area contributed by atoms with E-state index in [4.69, 9.17) is 4.74 Å². The highest BCUT2D eigenvalue weighted by Gasteiger charge is 2.30. The highest BCUT2D eigenvalue weighted by atomic mass is 32.1. The number of rotatable bonds is 8. The minimum atomic E-state index is 0.818. The van der Waals surface area contributed by atoms with Gasteiger partial charge in [0.15, 0.2) is 11.5 Å². The third kappa shape index (κ3) is 6.03. The number of fused-ring (bicyclic) bond motifs is 5. The summed E-state index contributed by atoms with van der Waals surface area (Å²) in [4.78, 5) is 4.65. The van der Waals surface area contributed by atoms with Crippen molar-refractivity contribution in [2.45, 2.75) is 0 Å². The maximum absolute atomic E-state index is 7.44. The van der Waals surface area contributed by atoms with Crippen molar-refractivity contribution < 1.29 is 4.74 Å². The number of ether oxygens (including phenoxy) is 1. The lowest BCUT2D eigenvalue weighted by Gasteiger charge is -2.33.